The van der Waals surface area contributed by atoms with Crippen molar-refractivity contribution >= 4 is 5.91 Å². The minimum Gasteiger partial charge on any atom is -0.459 e. The number of likely N-dealkylation sites (tertiary alicyclic amines) is 1. The van der Waals surface area contributed by atoms with Crippen LogP contribution in [0.3, 0.4) is 0 Å². The maximum Gasteiger partial charge on any atom is 0.289 e. The topological polar surface area (TPSA) is 42.7 Å². The molecule has 0 radical (unpaired) electrons. The average Bonchev–Trinajstić information content (AvgIpc) is 3.08. The molecule has 0 aliphatic carbocycles. The number of carbonyl (C=O) groups is 1. The smallest absolute Gasteiger partial charge is 0.289 e. The Morgan fingerprint density at radius 2 is 2.22 bits per heavy atom. The zero-order valence-electron chi connectivity index (χ0n) is 13.7. The number of hydrogen-bond acceptors (Lipinski definition) is 3. The van der Waals surface area contributed by atoms with Gasteiger partial charge in [0.25, 0.3) is 5.91 Å². The first-order valence-corrected chi connectivity index (χ1v) is 8.08. The molecule has 0 saturated carbocycles. The van der Waals surface area contributed by atoms with Gasteiger partial charge in [0.05, 0.1) is 12.4 Å². The van der Waals surface area contributed by atoms with E-state index in [-0.39, 0.29) is 12.0 Å². The summed E-state index contributed by atoms with van der Waals surface area (Å²) in [7, 11) is 1.76. The molecule has 1 aromatic carbocycles. The van der Waals surface area contributed by atoms with Gasteiger partial charge in [0.2, 0.25) is 0 Å². The van der Waals surface area contributed by atoms with Crippen molar-refractivity contribution in [1.82, 2.24) is 4.90 Å². The fourth-order valence-electron chi connectivity index (χ4n) is 3.40. The summed E-state index contributed by atoms with van der Waals surface area (Å²) in [5, 5.41) is 0. The summed E-state index contributed by atoms with van der Waals surface area (Å²) in [4.78, 5) is 14.4. The van der Waals surface area contributed by atoms with E-state index in [1.807, 2.05) is 4.90 Å². The largest absolute Gasteiger partial charge is 0.459 e. The van der Waals surface area contributed by atoms with Crippen molar-refractivity contribution in [2.24, 2.45) is 5.92 Å². The molecule has 1 amide bonds. The van der Waals surface area contributed by atoms with Crippen LogP contribution in [0.25, 0.3) is 0 Å². The van der Waals surface area contributed by atoms with Crippen LogP contribution >= 0.6 is 0 Å². The van der Waals surface area contributed by atoms with E-state index in [2.05, 4.69) is 31.2 Å². The number of aryl methyl sites for hydroxylation is 1. The third kappa shape index (κ3) is 3.64. The standard InChI is InChI=1S/C19H23NO3/c1-14-5-3-6-15(11-14)12-16-13-20(9-8-17(16)22-2)19(21)18-7-4-10-23-18/h3-7,10-11,16-17H,8-9,12-13H2,1-2H3/t16-,17-/m0/s1. The summed E-state index contributed by atoms with van der Waals surface area (Å²) in [5.41, 5.74) is 2.56. The second kappa shape index (κ2) is 7.01. The molecule has 2 atom stereocenters. The van der Waals surface area contributed by atoms with E-state index in [1.54, 1.807) is 25.5 Å². The molecule has 1 saturated heterocycles. The highest BCUT2D eigenvalue weighted by Gasteiger charge is 2.32. The average molecular weight is 313 g/mol. The Bertz CT molecular complexity index is 650. The highest BCUT2D eigenvalue weighted by molar-refractivity contribution is 5.91. The van der Waals surface area contributed by atoms with Gasteiger partial charge in [-0.1, -0.05) is 29.8 Å². The van der Waals surface area contributed by atoms with Crippen LogP contribution < -0.4 is 0 Å². The van der Waals surface area contributed by atoms with Crippen LogP contribution in [0.4, 0.5) is 0 Å². The van der Waals surface area contributed by atoms with Gasteiger partial charge in [0, 0.05) is 26.1 Å². The number of amides is 1. The molecule has 2 heterocycles. The quantitative estimate of drug-likeness (QED) is 0.870. The van der Waals surface area contributed by atoms with E-state index in [1.165, 1.54) is 11.1 Å². The number of piperidine rings is 1. The predicted molar refractivity (Wildman–Crippen MR) is 88.4 cm³/mol. The van der Waals surface area contributed by atoms with Gasteiger partial charge >= 0.3 is 0 Å². The third-order valence-electron chi connectivity index (χ3n) is 4.57. The van der Waals surface area contributed by atoms with Crippen LogP contribution in [0.15, 0.2) is 47.1 Å². The van der Waals surface area contributed by atoms with E-state index in [9.17, 15) is 4.79 Å². The molecule has 4 nitrogen and oxygen atoms in total. The summed E-state index contributed by atoms with van der Waals surface area (Å²) in [6.45, 7) is 3.51. The zero-order chi connectivity index (χ0) is 16.2. The summed E-state index contributed by atoms with van der Waals surface area (Å²) in [5.74, 6) is 0.684. The van der Waals surface area contributed by atoms with Gasteiger partial charge in [-0.2, -0.15) is 0 Å². The van der Waals surface area contributed by atoms with Gasteiger partial charge in [-0.25, -0.2) is 0 Å². The third-order valence-corrected chi connectivity index (χ3v) is 4.57. The van der Waals surface area contributed by atoms with Crippen molar-refractivity contribution in [3.8, 4) is 0 Å². The number of carbonyl (C=O) groups excluding carboxylic acids is 1. The Hall–Kier alpha value is -2.07. The molecular weight excluding hydrogens is 290 g/mol. The lowest BCUT2D eigenvalue weighted by molar-refractivity contribution is -0.00390. The van der Waals surface area contributed by atoms with E-state index < -0.39 is 0 Å². The first-order valence-electron chi connectivity index (χ1n) is 8.08. The highest BCUT2D eigenvalue weighted by atomic mass is 16.5. The fraction of sp³-hybridized carbons (Fsp3) is 0.421. The molecule has 1 aliphatic heterocycles. The first-order chi connectivity index (χ1) is 11.2. The van der Waals surface area contributed by atoms with Gasteiger partial charge in [-0.3, -0.25) is 4.79 Å². The van der Waals surface area contributed by atoms with Gasteiger partial charge < -0.3 is 14.1 Å². The van der Waals surface area contributed by atoms with Gasteiger partial charge in [-0.15, -0.1) is 0 Å². The van der Waals surface area contributed by atoms with Gasteiger partial charge in [0.1, 0.15) is 0 Å². The van der Waals surface area contributed by atoms with E-state index in [4.69, 9.17) is 9.15 Å². The lowest BCUT2D eigenvalue weighted by Gasteiger charge is -2.37. The Kier molecular flexibility index (Phi) is 4.82. The number of methoxy groups -OCH3 is 1. The lowest BCUT2D eigenvalue weighted by Crippen LogP contribution is -2.47. The van der Waals surface area contributed by atoms with Gasteiger partial charge in [0.15, 0.2) is 5.76 Å². The molecule has 2 aromatic rings. The monoisotopic (exact) mass is 313 g/mol. The Morgan fingerprint density at radius 1 is 1.35 bits per heavy atom. The summed E-state index contributed by atoms with van der Waals surface area (Å²) >= 11 is 0. The van der Waals surface area contributed by atoms with Crippen LogP contribution in [-0.4, -0.2) is 37.1 Å². The van der Waals surface area contributed by atoms with Crippen molar-refractivity contribution in [2.75, 3.05) is 20.2 Å². The maximum absolute atomic E-state index is 12.5. The second-order valence-electron chi connectivity index (χ2n) is 6.24. The van der Waals surface area contributed by atoms with Crippen LogP contribution in [0.2, 0.25) is 0 Å². The van der Waals surface area contributed by atoms with Crippen molar-refractivity contribution < 1.29 is 13.9 Å². The molecule has 0 bridgehead atoms. The molecule has 0 N–H and O–H groups in total. The second-order valence-corrected chi connectivity index (χ2v) is 6.24. The molecule has 4 heteroatoms. The summed E-state index contributed by atoms with van der Waals surface area (Å²) in [6.07, 6.45) is 3.51. The maximum atomic E-state index is 12.5. The van der Waals surface area contributed by atoms with Crippen molar-refractivity contribution in [1.29, 1.82) is 0 Å². The number of hydrogen-bond donors (Lipinski definition) is 0. The summed E-state index contributed by atoms with van der Waals surface area (Å²) in [6, 6.07) is 12.0. The van der Waals surface area contributed by atoms with Crippen molar-refractivity contribution in [2.45, 2.75) is 25.9 Å². The number of benzene rings is 1. The number of rotatable bonds is 4. The highest BCUT2D eigenvalue weighted by Crippen LogP contribution is 2.25. The minimum absolute atomic E-state index is 0.0289. The Balaban J connectivity index is 1.72. The van der Waals surface area contributed by atoms with Crippen LogP contribution in [0.5, 0.6) is 0 Å². The summed E-state index contributed by atoms with van der Waals surface area (Å²) < 4.78 is 10.9. The lowest BCUT2D eigenvalue weighted by atomic mass is 9.88. The number of furan rings is 1. The van der Waals surface area contributed by atoms with Crippen molar-refractivity contribution in [3.05, 3.63) is 59.5 Å². The van der Waals surface area contributed by atoms with Gasteiger partial charge in [-0.05, 0) is 37.5 Å². The molecule has 23 heavy (non-hydrogen) atoms. The fourth-order valence-corrected chi connectivity index (χ4v) is 3.40. The van der Waals surface area contributed by atoms with Crippen molar-refractivity contribution in [3.63, 3.8) is 0 Å². The number of nitrogens with zero attached hydrogens (tertiary/aromatic N) is 1. The SMILES string of the molecule is CO[C@H]1CCN(C(=O)c2ccco2)C[C@@H]1Cc1cccc(C)c1. The molecule has 0 spiro atoms. The molecule has 122 valence electrons. The van der Waals surface area contributed by atoms with E-state index >= 15 is 0 Å². The Labute approximate surface area is 137 Å². The molecule has 1 fully saturated rings. The predicted octanol–water partition coefficient (Wildman–Crippen LogP) is 3.31. The molecular formula is C19H23NO3. The number of ether oxygens (including phenoxy) is 1. The first kappa shape index (κ1) is 15.8. The van der Waals surface area contributed by atoms with E-state index in [0.29, 0.717) is 24.8 Å². The minimum atomic E-state index is -0.0289. The molecule has 1 aliphatic rings. The normalized spacial score (nSPS) is 21.4. The molecule has 1 aromatic heterocycles. The molecule has 0 unspecified atom stereocenters. The van der Waals surface area contributed by atoms with E-state index in [0.717, 1.165) is 12.8 Å². The van der Waals surface area contributed by atoms with Crippen LogP contribution in [0, 0.1) is 12.8 Å². The molecule has 3 rings (SSSR count). The van der Waals surface area contributed by atoms with Crippen LogP contribution in [-0.2, 0) is 11.2 Å². The Morgan fingerprint density at radius 3 is 2.91 bits per heavy atom. The van der Waals surface area contributed by atoms with Crippen LogP contribution in [0.1, 0.15) is 28.1 Å². The zero-order valence-corrected chi connectivity index (χ0v) is 13.7.